The lowest BCUT2D eigenvalue weighted by Crippen LogP contribution is -2.28. The van der Waals surface area contributed by atoms with Crippen LogP contribution >= 0.6 is 15.9 Å². The molecule has 1 amide bonds. The number of hydrogen-bond donors (Lipinski definition) is 2. The molecule has 0 radical (unpaired) electrons. The highest BCUT2D eigenvalue weighted by molar-refractivity contribution is 9.10. The van der Waals surface area contributed by atoms with Crippen LogP contribution in [0.2, 0.25) is 0 Å². The lowest BCUT2D eigenvalue weighted by Gasteiger charge is -2.14. The first kappa shape index (κ1) is 19.0. The predicted octanol–water partition coefficient (Wildman–Crippen LogP) is 4.68. The van der Waals surface area contributed by atoms with Gasteiger partial charge in [-0.25, -0.2) is 22.0 Å². The van der Waals surface area contributed by atoms with Gasteiger partial charge in [0.2, 0.25) is 0 Å². The molecule has 0 unspecified atom stereocenters. The van der Waals surface area contributed by atoms with Crippen LogP contribution in [0.4, 0.5) is 36.4 Å². The number of nitrogens with one attached hydrogen (secondary N) is 1. The van der Waals surface area contributed by atoms with E-state index in [0.29, 0.717) is 6.07 Å². The van der Waals surface area contributed by atoms with Gasteiger partial charge in [-0.2, -0.15) is 8.78 Å². The molecule has 0 bridgehead atoms. The first-order valence-corrected chi connectivity index (χ1v) is 6.96. The number of carbonyl (C=O) groups excluding carboxylic acids is 1. The molecule has 0 atom stereocenters. The second-order valence-electron chi connectivity index (χ2n) is 4.64. The summed E-state index contributed by atoms with van der Waals surface area (Å²) < 4.78 is 93.5. The maximum atomic E-state index is 13.9. The Kier molecular flexibility index (Phi) is 4.98. The van der Waals surface area contributed by atoms with Crippen LogP contribution in [0.15, 0.2) is 18.2 Å². The van der Waals surface area contributed by atoms with Crippen LogP contribution in [0.3, 0.4) is 0 Å². The summed E-state index contributed by atoms with van der Waals surface area (Å²) in [5.74, 6) is -12.2. The molecular formula is C14H5BrF7NO2. The molecule has 0 aliphatic carbocycles. The molecule has 0 aliphatic rings. The molecule has 25 heavy (non-hydrogen) atoms. The van der Waals surface area contributed by atoms with Crippen molar-refractivity contribution >= 4 is 27.5 Å². The molecule has 3 nitrogen and oxygen atoms in total. The second-order valence-corrected chi connectivity index (χ2v) is 5.64. The first-order valence-electron chi connectivity index (χ1n) is 6.17. The minimum atomic E-state index is -4.07. The average Bonchev–Trinajstić information content (AvgIpc) is 2.48. The van der Waals surface area contributed by atoms with E-state index in [2.05, 4.69) is 0 Å². The molecule has 0 saturated heterocycles. The van der Waals surface area contributed by atoms with Gasteiger partial charge in [0.1, 0.15) is 11.6 Å². The predicted molar refractivity (Wildman–Crippen MR) is 75.8 cm³/mol. The van der Waals surface area contributed by atoms with Crippen LogP contribution in [0.5, 0.6) is 5.75 Å². The Labute approximate surface area is 143 Å². The van der Waals surface area contributed by atoms with Crippen molar-refractivity contribution in [2.75, 3.05) is 5.32 Å². The largest absolute Gasteiger partial charge is 0.506 e. The summed E-state index contributed by atoms with van der Waals surface area (Å²) in [4.78, 5) is 7.11. The number of carbonyl (C=O) groups is 1. The van der Waals surface area contributed by atoms with E-state index < -0.39 is 62.4 Å². The number of amides is 1. The number of alkyl halides is 3. The van der Waals surface area contributed by atoms with E-state index in [1.807, 2.05) is 0 Å². The molecule has 2 N–H and O–H groups in total. The zero-order chi connectivity index (χ0) is 19.1. The fraction of sp³-hybridized carbons (Fsp3) is 0.0714. The highest BCUT2D eigenvalue weighted by atomic mass is 79.9. The topological polar surface area (TPSA) is 49.3 Å². The van der Waals surface area contributed by atoms with E-state index in [4.69, 9.17) is 0 Å². The van der Waals surface area contributed by atoms with Gasteiger partial charge in [-0.05, 0) is 6.07 Å². The zero-order valence-corrected chi connectivity index (χ0v) is 13.2. The number of benzene rings is 2. The highest BCUT2D eigenvalue weighted by Gasteiger charge is 2.35. The monoisotopic (exact) mass is 431 g/mol. The summed E-state index contributed by atoms with van der Waals surface area (Å²) in [6, 6.07) is 0.460. The summed E-state index contributed by atoms with van der Waals surface area (Å²) in [5.41, 5.74) is -3.46. The number of halogens is 8. The number of phenols is 1. The Morgan fingerprint density at radius 1 is 0.960 bits per heavy atom. The van der Waals surface area contributed by atoms with Crippen LogP contribution in [-0.4, -0.2) is 15.8 Å². The smallest absolute Gasteiger partial charge is 0.378 e. The number of rotatable bonds is 3. The third-order valence-corrected chi connectivity index (χ3v) is 3.33. The molecule has 11 heteroatoms. The van der Waals surface area contributed by atoms with E-state index in [9.17, 15) is 40.6 Å². The second kappa shape index (κ2) is 6.54. The van der Waals surface area contributed by atoms with Crippen molar-refractivity contribution in [3.63, 3.8) is 0 Å². The first-order chi connectivity index (χ1) is 11.4. The minimum Gasteiger partial charge on any atom is -0.506 e. The van der Waals surface area contributed by atoms with Crippen molar-refractivity contribution in [3.8, 4) is 16.9 Å². The quantitative estimate of drug-likeness (QED) is 0.321. The zero-order valence-electron chi connectivity index (χ0n) is 11.6. The third-order valence-electron chi connectivity index (χ3n) is 2.97. The highest BCUT2D eigenvalue weighted by Crippen LogP contribution is 2.37. The minimum absolute atomic E-state index is 0.111. The van der Waals surface area contributed by atoms with Crippen LogP contribution in [0.25, 0.3) is 11.1 Å². The van der Waals surface area contributed by atoms with Gasteiger partial charge in [-0.1, -0.05) is 0 Å². The van der Waals surface area contributed by atoms with E-state index in [1.165, 1.54) is 5.32 Å². The maximum Gasteiger partial charge on any atom is 0.378 e. The standard InChI is InChI=1S/C14H5BrF7NO2/c15-14(21,22)13(25)23-8-1-4(5(16)3-9(8)24)10-11(19)6(17)2-7(18)12(10)20/h1-3,24H,(H,23,25). The molecule has 0 spiro atoms. The molecule has 0 aliphatic heterocycles. The maximum absolute atomic E-state index is 13.9. The Morgan fingerprint density at radius 3 is 1.96 bits per heavy atom. The van der Waals surface area contributed by atoms with E-state index >= 15 is 0 Å². The number of aromatic hydroxyl groups is 1. The van der Waals surface area contributed by atoms with E-state index in [0.717, 1.165) is 0 Å². The Hall–Kier alpha value is -2.30. The summed E-state index contributed by atoms with van der Waals surface area (Å²) in [5, 5.41) is 10.9. The normalized spacial score (nSPS) is 11.5. The Morgan fingerprint density at radius 2 is 1.48 bits per heavy atom. The Bertz CT molecular complexity index is 841. The lowest BCUT2D eigenvalue weighted by molar-refractivity contribution is -0.128. The van der Waals surface area contributed by atoms with Gasteiger partial charge < -0.3 is 10.4 Å². The molecule has 134 valence electrons. The van der Waals surface area contributed by atoms with Gasteiger partial charge in [0, 0.05) is 33.6 Å². The van der Waals surface area contributed by atoms with Gasteiger partial charge in [0.05, 0.1) is 11.3 Å². The molecule has 0 fully saturated rings. The third kappa shape index (κ3) is 3.70. The number of hydrogen-bond acceptors (Lipinski definition) is 2. The van der Waals surface area contributed by atoms with Crippen molar-refractivity contribution in [1.82, 2.24) is 0 Å². The van der Waals surface area contributed by atoms with Gasteiger partial charge >= 0.3 is 10.7 Å². The summed E-state index contributed by atoms with van der Waals surface area (Å²) in [6.07, 6.45) is 0. The summed E-state index contributed by atoms with van der Waals surface area (Å²) in [6.45, 7) is 0. The fourth-order valence-electron chi connectivity index (χ4n) is 1.86. The van der Waals surface area contributed by atoms with Gasteiger partial charge in [0.25, 0.3) is 0 Å². The van der Waals surface area contributed by atoms with Crippen molar-refractivity contribution in [3.05, 3.63) is 47.3 Å². The summed E-state index contributed by atoms with van der Waals surface area (Å²) in [7, 11) is 0. The van der Waals surface area contributed by atoms with Crippen molar-refractivity contribution < 1.29 is 40.6 Å². The summed E-state index contributed by atoms with van der Waals surface area (Å²) >= 11 is 1.73. The van der Waals surface area contributed by atoms with Gasteiger partial charge in [-0.3, -0.25) is 4.79 Å². The van der Waals surface area contributed by atoms with Crippen molar-refractivity contribution in [1.29, 1.82) is 0 Å². The lowest BCUT2D eigenvalue weighted by atomic mass is 10.0. The molecule has 2 rings (SSSR count). The van der Waals surface area contributed by atoms with Crippen molar-refractivity contribution in [2.24, 2.45) is 0 Å². The van der Waals surface area contributed by atoms with E-state index in [1.54, 1.807) is 15.9 Å². The van der Waals surface area contributed by atoms with Gasteiger partial charge in [-0.15, -0.1) is 0 Å². The molecular weight excluding hydrogens is 427 g/mol. The molecule has 0 heterocycles. The fourth-order valence-corrected chi connectivity index (χ4v) is 1.96. The van der Waals surface area contributed by atoms with E-state index in [-0.39, 0.29) is 12.1 Å². The van der Waals surface area contributed by atoms with Gasteiger partial charge in [0.15, 0.2) is 23.3 Å². The van der Waals surface area contributed by atoms with Crippen molar-refractivity contribution in [2.45, 2.75) is 4.83 Å². The van der Waals surface area contributed by atoms with Crippen LogP contribution in [0, 0.1) is 29.1 Å². The Balaban J connectivity index is 2.65. The number of phenolic OH excluding ortho intramolecular Hbond substituents is 1. The van der Waals surface area contributed by atoms with Crippen LogP contribution in [0.1, 0.15) is 0 Å². The SMILES string of the molecule is O=C(Nc1cc(-c2c(F)c(F)cc(F)c2F)c(F)cc1O)C(F)(F)Br. The molecule has 0 aromatic heterocycles. The molecule has 0 saturated carbocycles. The average molecular weight is 432 g/mol. The van der Waals surface area contributed by atoms with Crippen LogP contribution in [-0.2, 0) is 4.79 Å². The van der Waals surface area contributed by atoms with Crippen LogP contribution < -0.4 is 5.32 Å². The molecule has 2 aromatic carbocycles. The molecule has 2 aromatic rings. The number of anilines is 1.